The molecule has 1 fully saturated rings. The maximum Gasteiger partial charge on any atom is 0.336 e. The van der Waals surface area contributed by atoms with Crippen LogP contribution in [-0.4, -0.2) is 26.0 Å². The van der Waals surface area contributed by atoms with Crippen molar-refractivity contribution >= 4 is 31.9 Å². The largest absolute Gasteiger partial charge is 0.478 e. The molecule has 0 spiro atoms. The van der Waals surface area contributed by atoms with Crippen LogP contribution in [0.3, 0.4) is 0 Å². The molecule has 1 saturated carbocycles. The third-order valence-corrected chi connectivity index (χ3v) is 5.61. The van der Waals surface area contributed by atoms with E-state index in [9.17, 15) is 13.2 Å². The molecule has 2 rings (SSSR count). The van der Waals surface area contributed by atoms with Crippen molar-refractivity contribution in [1.82, 2.24) is 4.72 Å². The number of benzene rings is 1. The first-order chi connectivity index (χ1) is 9.31. The van der Waals surface area contributed by atoms with E-state index in [1.807, 2.05) is 6.92 Å². The van der Waals surface area contributed by atoms with E-state index in [1.165, 1.54) is 12.1 Å². The standard InChI is InChI=1S/C13H16BrNO4S/c1-8(9-2-3-9)7-15-20(18,19)10-4-5-12(14)11(6-10)13(16)17/h4-6,8-9,15H,2-3,7H2,1H3,(H,16,17). The Balaban J connectivity index is 2.16. The van der Waals surface area contributed by atoms with Crippen LogP contribution in [0.15, 0.2) is 27.6 Å². The quantitative estimate of drug-likeness (QED) is 0.814. The van der Waals surface area contributed by atoms with Crippen molar-refractivity contribution in [3.63, 3.8) is 0 Å². The van der Waals surface area contributed by atoms with Gasteiger partial charge in [0.15, 0.2) is 0 Å². The Bertz CT molecular complexity index is 625. The Morgan fingerprint density at radius 2 is 2.15 bits per heavy atom. The fourth-order valence-corrected chi connectivity index (χ4v) is 3.58. The molecule has 0 heterocycles. The fourth-order valence-electron chi connectivity index (χ4n) is 1.99. The van der Waals surface area contributed by atoms with E-state index in [0.29, 0.717) is 22.9 Å². The zero-order valence-electron chi connectivity index (χ0n) is 11.0. The molecule has 2 N–H and O–H groups in total. The number of nitrogens with one attached hydrogen (secondary N) is 1. The molecular formula is C13H16BrNO4S. The summed E-state index contributed by atoms with van der Waals surface area (Å²) in [5.74, 6) is -0.253. The van der Waals surface area contributed by atoms with Gasteiger partial charge in [-0.15, -0.1) is 0 Å². The molecule has 0 saturated heterocycles. The van der Waals surface area contributed by atoms with Crippen molar-refractivity contribution in [2.24, 2.45) is 11.8 Å². The van der Waals surface area contributed by atoms with Crippen LogP contribution in [0.4, 0.5) is 0 Å². The maximum atomic E-state index is 12.1. The van der Waals surface area contributed by atoms with Crippen LogP contribution in [0, 0.1) is 11.8 Å². The lowest BCUT2D eigenvalue weighted by molar-refractivity contribution is 0.0695. The summed E-state index contributed by atoms with van der Waals surface area (Å²) in [6.07, 6.45) is 2.31. The van der Waals surface area contributed by atoms with Crippen molar-refractivity contribution in [2.75, 3.05) is 6.54 Å². The van der Waals surface area contributed by atoms with Gasteiger partial charge in [0.25, 0.3) is 0 Å². The van der Waals surface area contributed by atoms with Crippen LogP contribution in [0.5, 0.6) is 0 Å². The molecule has 0 bridgehead atoms. The highest BCUT2D eigenvalue weighted by atomic mass is 79.9. The first kappa shape index (κ1) is 15.5. The van der Waals surface area contributed by atoms with E-state index in [0.717, 1.165) is 18.9 Å². The minimum Gasteiger partial charge on any atom is -0.478 e. The molecule has 0 amide bonds. The summed E-state index contributed by atoms with van der Waals surface area (Å²) in [5.41, 5.74) is -0.0666. The fraction of sp³-hybridized carbons (Fsp3) is 0.462. The van der Waals surface area contributed by atoms with Crippen molar-refractivity contribution < 1.29 is 18.3 Å². The smallest absolute Gasteiger partial charge is 0.336 e. The van der Waals surface area contributed by atoms with E-state index in [-0.39, 0.29) is 10.5 Å². The van der Waals surface area contributed by atoms with Gasteiger partial charge in [0.2, 0.25) is 10.0 Å². The van der Waals surface area contributed by atoms with Crippen LogP contribution in [-0.2, 0) is 10.0 Å². The summed E-state index contributed by atoms with van der Waals surface area (Å²) in [7, 11) is -3.67. The number of hydrogen-bond donors (Lipinski definition) is 2. The zero-order valence-corrected chi connectivity index (χ0v) is 13.4. The van der Waals surface area contributed by atoms with E-state index in [2.05, 4.69) is 20.7 Å². The van der Waals surface area contributed by atoms with Gasteiger partial charge in [0.1, 0.15) is 0 Å². The zero-order chi connectivity index (χ0) is 14.9. The summed E-state index contributed by atoms with van der Waals surface area (Å²) < 4.78 is 27.2. The summed E-state index contributed by atoms with van der Waals surface area (Å²) in [5, 5.41) is 9.01. The molecular weight excluding hydrogens is 346 g/mol. The second kappa shape index (κ2) is 5.83. The number of rotatable bonds is 6. The molecule has 5 nitrogen and oxygen atoms in total. The Morgan fingerprint density at radius 1 is 1.50 bits per heavy atom. The van der Waals surface area contributed by atoms with E-state index >= 15 is 0 Å². The number of carboxylic acids is 1. The van der Waals surface area contributed by atoms with Gasteiger partial charge in [0.05, 0.1) is 10.5 Å². The Labute approximate surface area is 126 Å². The Hall–Kier alpha value is -0.920. The molecule has 110 valence electrons. The minimum atomic E-state index is -3.67. The highest BCUT2D eigenvalue weighted by Gasteiger charge is 2.29. The van der Waals surface area contributed by atoms with Crippen LogP contribution >= 0.6 is 15.9 Å². The molecule has 1 aliphatic carbocycles. The lowest BCUT2D eigenvalue weighted by Gasteiger charge is -2.12. The predicted octanol–water partition coefficient (Wildman–Crippen LogP) is 2.47. The van der Waals surface area contributed by atoms with Crippen molar-refractivity contribution in [1.29, 1.82) is 0 Å². The first-order valence-corrected chi connectivity index (χ1v) is 8.61. The highest BCUT2D eigenvalue weighted by molar-refractivity contribution is 9.10. The van der Waals surface area contributed by atoms with Gasteiger partial charge >= 0.3 is 5.97 Å². The van der Waals surface area contributed by atoms with Gasteiger partial charge in [-0.05, 0) is 58.8 Å². The normalized spacial score (nSPS) is 16.9. The van der Waals surface area contributed by atoms with E-state index < -0.39 is 16.0 Å². The third kappa shape index (κ3) is 3.59. The molecule has 1 aliphatic rings. The highest BCUT2D eigenvalue weighted by Crippen LogP contribution is 2.36. The number of halogens is 1. The molecule has 0 aliphatic heterocycles. The second-order valence-electron chi connectivity index (χ2n) is 5.11. The number of sulfonamides is 1. The lowest BCUT2D eigenvalue weighted by Crippen LogP contribution is -2.29. The van der Waals surface area contributed by atoms with Crippen molar-refractivity contribution in [3.05, 3.63) is 28.2 Å². The summed E-state index contributed by atoms with van der Waals surface area (Å²) >= 11 is 3.09. The van der Waals surface area contributed by atoms with Crippen molar-refractivity contribution in [3.8, 4) is 0 Å². The van der Waals surface area contributed by atoms with Gasteiger partial charge in [-0.1, -0.05) is 6.92 Å². The van der Waals surface area contributed by atoms with Gasteiger partial charge in [-0.25, -0.2) is 17.9 Å². The average molecular weight is 362 g/mol. The lowest BCUT2D eigenvalue weighted by atomic mass is 10.1. The van der Waals surface area contributed by atoms with Gasteiger partial charge < -0.3 is 5.11 Å². The number of carbonyl (C=O) groups is 1. The van der Waals surface area contributed by atoms with Gasteiger partial charge in [-0.3, -0.25) is 0 Å². The van der Waals surface area contributed by atoms with E-state index in [1.54, 1.807) is 0 Å². The number of hydrogen-bond acceptors (Lipinski definition) is 3. The minimum absolute atomic E-state index is 0.0268. The molecule has 1 aromatic carbocycles. The average Bonchev–Trinajstić information content (AvgIpc) is 3.20. The van der Waals surface area contributed by atoms with Crippen LogP contribution < -0.4 is 4.72 Å². The SMILES string of the molecule is CC(CNS(=O)(=O)c1ccc(Br)c(C(=O)O)c1)C1CC1. The van der Waals surface area contributed by atoms with E-state index in [4.69, 9.17) is 5.11 Å². The first-order valence-electron chi connectivity index (χ1n) is 6.34. The topological polar surface area (TPSA) is 83.5 Å². The summed E-state index contributed by atoms with van der Waals surface area (Å²) in [6.45, 7) is 2.40. The van der Waals surface area contributed by atoms with Gasteiger partial charge in [0, 0.05) is 11.0 Å². The molecule has 0 radical (unpaired) electrons. The molecule has 1 atom stereocenters. The van der Waals surface area contributed by atoms with Crippen LogP contribution in [0.2, 0.25) is 0 Å². The summed E-state index contributed by atoms with van der Waals surface area (Å²) in [6, 6.07) is 3.99. The monoisotopic (exact) mass is 361 g/mol. The van der Waals surface area contributed by atoms with Crippen LogP contribution in [0.25, 0.3) is 0 Å². The molecule has 7 heteroatoms. The van der Waals surface area contributed by atoms with Gasteiger partial charge in [-0.2, -0.15) is 0 Å². The summed E-state index contributed by atoms with van der Waals surface area (Å²) in [4.78, 5) is 11.0. The molecule has 0 aromatic heterocycles. The molecule has 1 unspecified atom stereocenters. The molecule has 20 heavy (non-hydrogen) atoms. The van der Waals surface area contributed by atoms with Crippen molar-refractivity contribution in [2.45, 2.75) is 24.7 Å². The Kier molecular flexibility index (Phi) is 4.51. The number of carboxylic acid groups (broad SMARTS) is 1. The third-order valence-electron chi connectivity index (χ3n) is 3.50. The predicted molar refractivity (Wildman–Crippen MR) is 78.2 cm³/mol. The Morgan fingerprint density at radius 3 is 2.70 bits per heavy atom. The van der Waals surface area contributed by atoms with Crippen LogP contribution in [0.1, 0.15) is 30.1 Å². The number of aromatic carboxylic acids is 1. The second-order valence-corrected chi connectivity index (χ2v) is 7.73. The maximum absolute atomic E-state index is 12.1. The molecule has 1 aromatic rings.